The van der Waals surface area contributed by atoms with E-state index in [4.69, 9.17) is 4.74 Å². The molecular weight excluding hydrogens is 318 g/mol. The molecule has 1 atom stereocenters. The zero-order chi connectivity index (χ0) is 18.0. The fourth-order valence-corrected chi connectivity index (χ4v) is 2.79. The van der Waals surface area contributed by atoms with Gasteiger partial charge in [-0.15, -0.1) is 0 Å². The van der Waals surface area contributed by atoms with Gasteiger partial charge in [0.05, 0.1) is 11.0 Å². The molecule has 0 fully saturated rings. The number of aryl methyl sites for hydroxylation is 2. The van der Waals surface area contributed by atoms with Crippen LogP contribution < -0.4 is 15.7 Å². The fraction of sp³-hybridized carbons (Fsp3) is 0.263. The van der Waals surface area contributed by atoms with Crippen molar-refractivity contribution in [3.63, 3.8) is 0 Å². The smallest absolute Gasteiger partial charge is 0.328 e. The summed E-state index contributed by atoms with van der Waals surface area (Å²) in [4.78, 5) is 24.5. The largest absolute Gasteiger partial charge is 0.481 e. The molecular formula is C19H21N3O3. The van der Waals surface area contributed by atoms with E-state index in [0.717, 1.165) is 11.0 Å². The number of rotatable bonds is 5. The van der Waals surface area contributed by atoms with Crippen molar-refractivity contribution in [3.8, 4) is 5.75 Å². The fourth-order valence-electron chi connectivity index (χ4n) is 2.79. The van der Waals surface area contributed by atoms with Crippen LogP contribution in [-0.2, 0) is 18.9 Å². The first-order chi connectivity index (χ1) is 12.0. The Morgan fingerprint density at radius 3 is 2.44 bits per heavy atom. The molecule has 3 rings (SSSR count). The highest BCUT2D eigenvalue weighted by molar-refractivity contribution is 5.96. The van der Waals surface area contributed by atoms with E-state index in [-0.39, 0.29) is 11.6 Å². The highest BCUT2D eigenvalue weighted by Gasteiger charge is 2.19. The van der Waals surface area contributed by atoms with Crippen LogP contribution in [0.4, 0.5) is 5.69 Å². The molecule has 0 bridgehead atoms. The Morgan fingerprint density at radius 2 is 1.76 bits per heavy atom. The number of fused-ring (bicyclic) bond motifs is 1. The Balaban J connectivity index is 1.80. The molecule has 1 unspecified atom stereocenters. The number of anilines is 1. The van der Waals surface area contributed by atoms with Crippen molar-refractivity contribution in [2.45, 2.75) is 19.4 Å². The maximum Gasteiger partial charge on any atom is 0.328 e. The van der Waals surface area contributed by atoms with E-state index in [1.165, 1.54) is 0 Å². The van der Waals surface area contributed by atoms with Crippen LogP contribution in [0.2, 0.25) is 0 Å². The average Bonchev–Trinajstić information content (AvgIpc) is 2.84. The van der Waals surface area contributed by atoms with Gasteiger partial charge in [-0.1, -0.05) is 25.1 Å². The van der Waals surface area contributed by atoms with Crippen LogP contribution in [0.15, 0.2) is 53.3 Å². The maximum atomic E-state index is 12.5. The standard InChI is InChI=1S/C19H21N3O3/c1-4-17(25-14-8-6-5-7-9-14)18(23)20-13-10-11-15-16(12-13)22(3)19(24)21(15)2/h5-12,17H,4H2,1-3H3,(H,20,23). The number of benzene rings is 2. The molecule has 2 aromatic carbocycles. The molecule has 0 aliphatic rings. The Hall–Kier alpha value is -3.02. The summed E-state index contributed by atoms with van der Waals surface area (Å²) in [7, 11) is 3.44. The van der Waals surface area contributed by atoms with Crippen molar-refractivity contribution in [2.75, 3.05) is 5.32 Å². The molecule has 3 aromatic rings. The second-order valence-corrected chi connectivity index (χ2v) is 5.92. The highest BCUT2D eigenvalue weighted by atomic mass is 16.5. The van der Waals surface area contributed by atoms with E-state index in [1.807, 2.05) is 43.3 Å². The highest BCUT2D eigenvalue weighted by Crippen LogP contribution is 2.19. The molecule has 0 aliphatic carbocycles. The van der Waals surface area contributed by atoms with Gasteiger partial charge in [0.25, 0.3) is 5.91 Å². The number of nitrogens with one attached hydrogen (secondary N) is 1. The predicted molar refractivity (Wildman–Crippen MR) is 97.9 cm³/mol. The predicted octanol–water partition coefficient (Wildman–Crippen LogP) is 2.67. The first-order valence-electron chi connectivity index (χ1n) is 8.19. The van der Waals surface area contributed by atoms with E-state index in [1.54, 1.807) is 35.4 Å². The van der Waals surface area contributed by atoms with Crippen molar-refractivity contribution < 1.29 is 9.53 Å². The van der Waals surface area contributed by atoms with E-state index in [0.29, 0.717) is 17.9 Å². The van der Waals surface area contributed by atoms with E-state index < -0.39 is 6.10 Å². The van der Waals surface area contributed by atoms with Crippen LogP contribution in [0, 0.1) is 0 Å². The first kappa shape index (κ1) is 16.8. The van der Waals surface area contributed by atoms with Gasteiger partial charge in [-0.05, 0) is 36.8 Å². The molecule has 0 radical (unpaired) electrons. The number of nitrogens with zero attached hydrogens (tertiary/aromatic N) is 2. The number of carbonyl (C=O) groups is 1. The van der Waals surface area contributed by atoms with E-state index >= 15 is 0 Å². The second-order valence-electron chi connectivity index (χ2n) is 5.92. The number of hydrogen-bond acceptors (Lipinski definition) is 3. The molecule has 6 nitrogen and oxygen atoms in total. The summed E-state index contributed by atoms with van der Waals surface area (Å²) in [6.45, 7) is 1.90. The zero-order valence-electron chi connectivity index (χ0n) is 14.5. The molecule has 25 heavy (non-hydrogen) atoms. The van der Waals surface area contributed by atoms with Crippen LogP contribution in [-0.4, -0.2) is 21.1 Å². The zero-order valence-corrected chi connectivity index (χ0v) is 14.5. The van der Waals surface area contributed by atoms with Gasteiger partial charge in [-0.2, -0.15) is 0 Å². The molecule has 130 valence electrons. The molecule has 1 heterocycles. The molecule has 0 saturated heterocycles. The van der Waals surface area contributed by atoms with Crippen molar-refractivity contribution in [3.05, 3.63) is 59.0 Å². The molecule has 1 N–H and O–H groups in total. The van der Waals surface area contributed by atoms with E-state index in [9.17, 15) is 9.59 Å². The van der Waals surface area contributed by atoms with Gasteiger partial charge >= 0.3 is 5.69 Å². The summed E-state index contributed by atoms with van der Waals surface area (Å²) in [6, 6.07) is 14.7. The Bertz CT molecular complexity index is 957. The topological polar surface area (TPSA) is 65.3 Å². The normalized spacial score (nSPS) is 12.1. The van der Waals surface area contributed by atoms with E-state index in [2.05, 4.69) is 5.32 Å². The lowest BCUT2D eigenvalue weighted by Gasteiger charge is -2.17. The summed E-state index contributed by atoms with van der Waals surface area (Å²) in [5.41, 5.74) is 2.12. The molecule has 0 saturated carbocycles. The maximum absolute atomic E-state index is 12.5. The van der Waals surface area contributed by atoms with Gasteiger partial charge in [-0.25, -0.2) is 4.79 Å². The number of para-hydroxylation sites is 1. The summed E-state index contributed by atoms with van der Waals surface area (Å²) in [5, 5.41) is 2.87. The molecule has 0 spiro atoms. The van der Waals surface area contributed by atoms with Crippen molar-refractivity contribution in [2.24, 2.45) is 14.1 Å². The number of amides is 1. The van der Waals surface area contributed by atoms with Gasteiger partial charge in [0.2, 0.25) is 0 Å². The Morgan fingerprint density at radius 1 is 1.08 bits per heavy atom. The number of hydrogen-bond donors (Lipinski definition) is 1. The van der Waals surface area contributed by atoms with Crippen LogP contribution >= 0.6 is 0 Å². The quantitative estimate of drug-likeness (QED) is 0.777. The minimum absolute atomic E-state index is 0.0997. The molecule has 0 aliphatic heterocycles. The van der Waals surface area contributed by atoms with Crippen LogP contribution in [0.25, 0.3) is 11.0 Å². The lowest BCUT2D eigenvalue weighted by Crippen LogP contribution is -2.32. The van der Waals surface area contributed by atoms with Crippen molar-refractivity contribution >= 4 is 22.6 Å². The van der Waals surface area contributed by atoms with Crippen molar-refractivity contribution in [1.82, 2.24) is 9.13 Å². The molecule has 6 heteroatoms. The summed E-state index contributed by atoms with van der Waals surface area (Å²) >= 11 is 0. The lowest BCUT2D eigenvalue weighted by atomic mass is 10.2. The molecule has 1 aromatic heterocycles. The number of imidazole rings is 1. The third-order valence-electron chi connectivity index (χ3n) is 4.22. The van der Waals surface area contributed by atoms with Crippen molar-refractivity contribution in [1.29, 1.82) is 0 Å². The Kier molecular flexibility index (Phi) is 4.61. The minimum Gasteiger partial charge on any atom is -0.481 e. The number of ether oxygens (including phenoxy) is 1. The summed E-state index contributed by atoms with van der Waals surface area (Å²) in [5.74, 6) is 0.442. The van der Waals surface area contributed by atoms with Gasteiger partial charge in [0.15, 0.2) is 6.10 Å². The first-order valence-corrected chi connectivity index (χ1v) is 8.19. The SMILES string of the molecule is CCC(Oc1ccccc1)C(=O)Nc1ccc2c(c1)n(C)c(=O)n2C. The third-order valence-corrected chi connectivity index (χ3v) is 4.22. The van der Waals surface area contributed by atoms with Crippen LogP contribution in [0.3, 0.4) is 0 Å². The van der Waals surface area contributed by atoms with Crippen LogP contribution in [0.5, 0.6) is 5.75 Å². The summed E-state index contributed by atoms with van der Waals surface area (Å²) < 4.78 is 8.90. The lowest BCUT2D eigenvalue weighted by molar-refractivity contribution is -0.122. The van der Waals surface area contributed by atoms with Crippen LogP contribution in [0.1, 0.15) is 13.3 Å². The average molecular weight is 339 g/mol. The third kappa shape index (κ3) is 3.28. The number of aromatic nitrogens is 2. The number of carbonyl (C=O) groups excluding carboxylic acids is 1. The Labute approximate surface area is 145 Å². The van der Waals surface area contributed by atoms with Gasteiger partial charge < -0.3 is 10.1 Å². The monoisotopic (exact) mass is 339 g/mol. The minimum atomic E-state index is -0.585. The molecule has 1 amide bonds. The summed E-state index contributed by atoms with van der Waals surface area (Å²) in [6.07, 6.45) is -0.0371. The van der Waals surface area contributed by atoms with Gasteiger partial charge in [0, 0.05) is 19.8 Å². The van der Waals surface area contributed by atoms with Gasteiger partial charge in [0.1, 0.15) is 5.75 Å². The second kappa shape index (κ2) is 6.84. The van der Waals surface area contributed by atoms with Gasteiger partial charge in [-0.3, -0.25) is 13.9 Å².